The van der Waals surface area contributed by atoms with Crippen molar-refractivity contribution >= 4 is 0 Å². The average Bonchev–Trinajstić information content (AvgIpc) is 2.59. The second-order valence-electron chi connectivity index (χ2n) is 7.11. The predicted molar refractivity (Wildman–Crippen MR) is 104 cm³/mol. The molecule has 1 aromatic carbocycles. The molecule has 0 aliphatic carbocycles. The van der Waals surface area contributed by atoms with Crippen molar-refractivity contribution in [1.29, 1.82) is 0 Å². The van der Waals surface area contributed by atoms with Gasteiger partial charge in [-0.05, 0) is 24.5 Å². The average molecular weight is 316 g/mol. The minimum Gasteiger partial charge on any atom is -0.0654 e. The molecule has 0 nitrogen and oxygen atoms in total. The SMILES string of the molecule is CCCCCCCCCCCCCCCCCc1cc[c]cc1. The van der Waals surface area contributed by atoms with Crippen molar-refractivity contribution < 1.29 is 0 Å². The molecule has 0 heteroatoms. The summed E-state index contributed by atoms with van der Waals surface area (Å²) in [6.07, 6.45) is 22.9. The zero-order chi connectivity index (χ0) is 16.4. The Kier molecular flexibility index (Phi) is 14.2. The number of unbranched alkanes of at least 4 members (excludes halogenated alkanes) is 14. The number of benzene rings is 1. The molecule has 0 saturated carbocycles. The van der Waals surface area contributed by atoms with Crippen LogP contribution in [0.2, 0.25) is 0 Å². The molecule has 0 N–H and O–H groups in total. The molecule has 1 rings (SSSR count). The van der Waals surface area contributed by atoms with Gasteiger partial charge in [0.2, 0.25) is 0 Å². The van der Waals surface area contributed by atoms with Crippen molar-refractivity contribution in [3.63, 3.8) is 0 Å². The molecule has 1 aromatic rings. The van der Waals surface area contributed by atoms with Crippen molar-refractivity contribution in [2.75, 3.05) is 0 Å². The summed E-state index contributed by atoms with van der Waals surface area (Å²) in [5, 5.41) is 0. The minimum atomic E-state index is 1.24. The standard InChI is InChI=1S/C23H39/c1-2-3-4-5-6-7-8-9-10-11-12-13-14-15-17-20-23-21-18-16-19-22-23/h18-19,21-22H,2-15,17,20H2,1H3. The van der Waals surface area contributed by atoms with Gasteiger partial charge in [-0.1, -0.05) is 121 Å². The van der Waals surface area contributed by atoms with E-state index in [9.17, 15) is 0 Å². The van der Waals surface area contributed by atoms with Crippen molar-refractivity contribution in [2.24, 2.45) is 0 Å². The maximum Gasteiger partial charge on any atom is -0.0184 e. The van der Waals surface area contributed by atoms with E-state index in [1.54, 1.807) is 0 Å². The monoisotopic (exact) mass is 315 g/mol. The molecule has 0 aliphatic rings. The van der Waals surface area contributed by atoms with Crippen LogP contribution < -0.4 is 0 Å². The Labute approximate surface area is 146 Å². The van der Waals surface area contributed by atoms with Crippen LogP contribution in [0, 0.1) is 6.07 Å². The highest BCUT2D eigenvalue weighted by molar-refractivity contribution is 5.13. The highest BCUT2D eigenvalue weighted by atomic mass is 14.0. The summed E-state index contributed by atoms with van der Waals surface area (Å²) >= 11 is 0. The first-order valence-corrected chi connectivity index (χ1v) is 10.4. The third kappa shape index (κ3) is 13.4. The van der Waals surface area contributed by atoms with Crippen molar-refractivity contribution in [1.82, 2.24) is 0 Å². The molecule has 0 atom stereocenters. The first kappa shape index (κ1) is 20.3. The van der Waals surface area contributed by atoms with Crippen LogP contribution in [0.4, 0.5) is 0 Å². The Balaban J connectivity index is 1.72. The summed E-state index contributed by atoms with van der Waals surface area (Å²) in [6, 6.07) is 11.5. The molecule has 0 unspecified atom stereocenters. The Bertz CT molecular complexity index is 327. The van der Waals surface area contributed by atoms with Crippen molar-refractivity contribution in [3.8, 4) is 0 Å². The second-order valence-corrected chi connectivity index (χ2v) is 7.11. The zero-order valence-corrected chi connectivity index (χ0v) is 15.6. The molecule has 0 fully saturated rings. The van der Waals surface area contributed by atoms with Crippen LogP contribution in [0.15, 0.2) is 24.3 Å². The van der Waals surface area contributed by atoms with E-state index in [0.29, 0.717) is 0 Å². The fourth-order valence-electron chi connectivity index (χ4n) is 3.29. The first-order valence-electron chi connectivity index (χ1n) is 10.4. The molecular formula is C23H39. The highest BCUT2D eigenvalue weighted by Crippen LogP contribution is 2.14. The number of hydrogen-bond donors (Lipinski definition) is 0. The smallest absolute Gasteiger partial charge is 0.0184 e. The molecule has 0 heterocycles. The van der Waals surface area contributed by atoms with Gasteiger partial charge in [0.25, 0.3) is 0 Å². The van der Waals surface area contributed by atoms with Gasteiger partial charge in [0.1, 0.15) is 0 Å². The normalized spacial score (nSPS) is 11.0. The van der Waals surface area contributed by atoms with E-state index in [1.807, 2.05) is 12.1 Å². The lowest BCUT2D eigenvalue weighted by molar-refractivity contribution is 0.532. The number of rotatable bonds is 16. The molecular weight excluding hydrogens is 276 g/mol. The van der Waals surface area contributed by atoms with Gasteiger partial charge in [0.15, 0.2) is 0 Å². The fraction of sp³-hybridized carbons (Fsp3) is 0.739. The van der Waals surface area contributed by atoms with Gasteiger partial charge in [-0.15, -0.1) is 0 Å². The van der Waals surface area contributed by atoms with E-state index in [0.717, 1.165) is 0 Å². The summed E-state index contributed by atoms with van der Waals surface area (Å²) in [4.78, 5) is 0. The zero-order valence-electron chi connectivity index (χ0n) is 15.6. The van der Waals surface area contributed by atoms with Gasteiger partial charge in [-0.2, -0.15) is 0 Å². The molecule has 0 aliphatic heterocycles. The van der Waals surface area contributed by atoms with Crippen LogP contribution in [0.3, 0.4) is 0 Å². The van der Waals surface area contributed by atoms with Crippen molar-refractivity contribution in [3.05, 3.63) is 35.9 Å². The molecule has 0 spiro atoms. The Morgan fingerprint density at radius 1 is 0.565 bits per heavy atom. The summed E-state index contributed by atoms with van der Waals surface area (Å²) in [5.41, 5.74) is 1.47. The van der Waals surface area contributed by atoms with E-state index in [-0.39, 0.29) is 0 Å². The quantitative estimate of drug-likeness (QED) is 0.272. The van der Waals surface area contributed by atoms with E-state index in [2.05, 4.69) is 25.1 Å². The van der Waals surface area contributed by atoms with Crippen molar-refractivity contribution in [2.45, 2.75) is 110 Å². The lowest BCUT2D eigenvalue weighted by Crippen LogP contribution is -1.86. The molecule has 0 bridgehead atoms. The molecule has 23 heavy (non-hydrogen) atoms. The first-order chi connectivity index (χ1) is 11.4. The van der Waals surface area contributed by atoms with Crippen LogP contribution in [-0.4, -0.2) is 0 Å². The number of hydrogen-bond acceptors (Lipinski definition) is 0. The lowest BCUT2D eigenvalue weighted by Gasteiger charge is -2.04. The van der Waals surface area contributed by atoms with E-state index >= 15 is 0 Å². The van der Waals surface area contributed by atoms with Crippen LogP contribution in [0.25, 0.3) is 0 Å². The van der Waals surface area contributed by atoms with Gasteiger partial charge in [-0.25, -0.2) is 0 Å². The number of aryl methyl sites for hydroxylation is 1. The molecule has 131 valence electrons. The van der Waals surface area contributed by atoms with E-state index in [1.165, 1.54) is 108 Å². The van der Waals surface area contributed by atoms with Gasteiger partial charge < -0.3 is 0 Å². The van der Waals surface area contributed by atoms with Gasteiger partial charge >= 0.3 is 0 Å². The maximum absolute atomic E-state index is 3.09. The van der Waals surface area contributed by atoms with Crippen LogP contribution >= 0.6 is 0 Å². The fourth-order valence-corrected chi connectivity index (χ4v) is 3.29. The maximum atomic E-state index is 3.09. The lowest BCUT2D eigenvalue weighted by atomic mass is 10.0. The third-order valence-electron chi connectivity index (χ3n) is 4.86. The van der Waals surface area contributed by atoms with Crippen LogP contribution in [-0.2, 0) is 6.42 Å². The van der Waals surface area contributed by atoms with Gasteiger partial charge in [0, 0.05) is 0 Å². The minimum absolute atomic E-state index is 1.24. The summed E-state index contributed by atoms with van der Waals surface area (Å²) in [5.74, 6) is 0. The van der Waals surface area contributed by atoms with Crippen LogP contribution in [0.5, 0.6) is 0 Å². The Morgan fingerprint density at radius 3 is 1.39 bits per heavy atom. The predicted octanol–water partition coefficient (Wildman–Crippen LogP) is 7.90. The van der Waals surface area contributed by atoms with Gasteiger partial charge in [0.05, 0.1) is 0 Å². The molecule has 0 aromatic heterocycles. The summed E-state index contributed by atoms with van der Waals surface area (Å²) in [6.45, 7) is 2.29. The van der Waals surface area contributed by atoms with E-state index < -0.39 is 0 Å². The third-order valence-corrected chi connectivity index (χ3v) is 4.86. The molecule has 0 amide bonds. The largest absolute Gasteiger partial charge is 0.0654 e. The summed E-state index contributed by atoms with van der Waals surface area (Å²) < 4.78 is 0. The Hall–Kier alpha value is -0.780. The van der Waals surface area contributed by atoms with E-state index in [4.69, 9.17) is 0 Å². The molecule has 1 radical (unpaired) electrons. The van der Waals surface area contributed by atoms with Gasteiger partial charge in [-0.3, -0.25) is 0 Å². The second kappa shape index (κ2) is 16.1. The molecule has 0 saturated heterocycles. The topological polar surface area (TPSA) is 0 Å². The van der Waals surface area contributed by atoms with Crippen LogP contribution in [0.1, 0.15) is 109 Å². The Morgan fingerprint density at radius 2 is 0.957 bits per heavy atom. The summed E-state index contributed by atoms with van der Waals surface area (Å²) in [7, 11) is 0. The highest BCUT2D eigenvalue weighted by Gasteiger charge is 1.95.